The maximum atomic E-state index is 10.3. The second kappa shape index (κ2) is 5.36. The first-order valence-corrected chi connectivity index (χ1v) is 4.93. The lowest BCUT2D eigenvalue weighted by atomic mass is 10.3. The summed E-state index contributed by atoms with van der Waals surface area (Å²) in [4.78, 5) is 13.3. The first-order valence-electron chi connectivity index (χ1n) is 4.93. The van der Waals surface area contributed by atoms with Gasteiger partial charge in [0.15, 0.2) is 0 Å². The minimum absolute atomic E-state index is 0.377. The first-order chi connectivity index (χ1) is 7.49. The van der Waals surface area contributed by atoms with Crippen LogP contribution in [0.25, 0.3) is 0 Å². The normalized spacial score (nSPS) is 10.7. The summed E-state index contributed by atoms with van der Waals surface area (Å²) >= 11 is 0. The van der Waals surface area contributed by atoms with Gasteiger partial charge in [-0.1, -0.05) is 25.4 Å². The molecule has 0 radical (unpaired) electrons. The molecular formula is C9H15N5O2. The molecule has 0 fully saturated rings. The predicted octanol–water partition coefficient (Wildman–Crippen LogP) is 0.740. The van der Waals surface area contributed by atoms with Gasteiger partial charge in [-0.05, 0) is 10.5 Å². The van der Waals surface area contributed by atoms with Crippen molar-refractivity contribution in [3.05, 3.63) is 28.6 Å². The Balaban J connectivity index is 2.46. The number of nitrogens with zero attached hydrogens (tertiary/aromatic N) is 4. The highest BCUT2D eigenvalue weighted by molar-refractivity contribution is 5.01. The Bertz CT molecular complexity index is 385. The zero-order chi connectivity index (χ0) is 12.1. The molecule has 0 saturated carbocycles. The number of nitrogens with one attached hydrogen (secondary N) is 1. The van der Waals surface area contributed by atoms with E-state index in [0.717, 1.165) is 5.57 Å². The van der Waals surface area contributed by atoms with Gasteiger partial charge in [0.1, 0.15) is 0 Å². The van der Waals surface area contributed by atoms with Crippen LogP contribution >= 0.6 is 0 Å². The van der Waals surface area contributed by atoms with E-state index >= 15 is 0 Å². The monoisotopic (exact) mass is 225 g/mol. The van der Waals surface area contributed by atoms with E-state index in [2.05, 4.69) is 22.0 Å². The molecule has 0 aromatic carbocycles. The Labute approximate surface area is 93.3 Å². The molecule has 0 unspecified atom stereocenters. The lowest BCUT2D eigenvalue weighted by Gasteiger charge is -2.08. The molecule has 1 rings (SSSR count). The standard InChI is InChI=1S/C9H15N5O2/c1-7(2)10-4-8(3)5-13-6-11-9(12-13)14(15)16/h6-7,10H,3-5H2,1-2H3. The number of hydrogen-bond acceptors (Lipinski definition) is 5. The van der Waals surface area contributed by atoms with Crippen LogP contribution < -0.4 is 5.32 Å². The zero-order valence-corrected chi connectivity index (χ0v) is 9.38. The minimum atomic E-state index is -0.619. The predicted molar refractivity (Wildman–Crippen MR) is 59.0 cm³/mol. The summed E-state index contributed by atoms with van der Waals surface area (Å²) in [7, 11) is 0. The molecule has 7 heteroatoms. The molecule has 0 aliphatic carbocycles. The molecule has 7 nitrogen and oxygen atoms in total. The molecule has 0 atom stereocenters. The van der Waals surface area contributed by atoms with Gasteiger partial charge in [0.2, 0.25) is 6.33 Å². The Hall–Kier alpha value is -1.76. The molecule has 1 heterocycles. The van der Waals surface area contributed by atoms with Gasteiger partial charge in [-0.15, -0.1) is 0 Å². The topological polar surface area (TPSA) is 85.9 Å². The van der Waals surface area contributed by atoms with E-state index in [0.29, 0.717) is 19.1 Å². The highest BCUT2D eigenvalue weighted by atomic mass is 16.6. The van der Waals surface area contributed by atoms with Gasteiger partial charge in [0.05, 0.1) is 6.54 Å². The number of hydrogen-bond donors (Lipinski definition) is 1. The molecule has 1 N–H and O–H groups in total. The van der Waals surface area contributed by atoms with Crippen LogP contribution in [0.2, 0.25) is 0 Å². The van der Waals surface area contributed by atoms with Gasteiger partial charge in [-0.2, -0.15) is 4.68 Å². The number of aromatic nitrogens is 3. The van der Waals surface area contributed by atoms with Crippen molar-refractivity contribution in [2.75, 3.05) is 6.54 Å². The fraction of sp³-hybridized carbons (Fsp3) is 0.556. The second-order valence-corrected chi connectivity index (χ2v) is 3.78. The van der Waals surface area contributed by atoms with Gasteiger partial charge in [-0.3, -0.25) is 0 Å². The molecule has 0 amide bonds. The Morgan fingerprint density at radius 2 is 2.44 bits per heavy atom. The van der Waals surface area contributed by atoms with Crippen molar-refractivity contribution in [1.82, 2.24) is 20.1 Å². The quantitative estimate of drug-likeness (QED) is 0.438. The third kappa shape index (κ3) is 3.77. The van der Waals surface area contributed by atoms with E-state index in [1.807, 2.05) is 13.8 Å². The largest absolute Gasteiger partial charge is 0.490 e. The van der Waals surface area contributed by atoms with Crippen LogP contribution in [0.5, 0.6) is 0 Å². The molecular weight excluding hydrogens is 210 g/mol. The van der Waals surface area contributed by atoms with Gasteiger partial charge in [0.25, 0.3) is 0 Å². The van der Waals surface area contributed by atoms with Crippen LogP contribution in [0.4, 0.5) is 5.95 Å². The third-order valence-electron chi connectivity index (χ3n) is 1.83. The van der Waals surface area contributed by atoms with Crippen molar-refractivity contribution in [1.29, 1.82) is 0 Å². The fourth-order valence-corrected chi connectivity index (χ4v) is 1.08. The van der Waals surface area contributed by atoms with Crippen molar-refractivity contribution in [2.45, 2.75) is 26.4 Å². The van der Waals surface area contributed by atoms with E-state index in [1.54, 1.807) is 0 Å². The number of nitro groups is 1. The summed E-state index contributed by atoms with van der Waals surface area (Å²) in [5.41, 5.74) is 0.897. The van der Waals surface area contributed by atoms with Crippen LogP contribution in [0.15, 0.2) is 18.5 Å². The Kier molecular flexibility index (Phi) is 4.12. The van der Waals surface area contributed by atoms with Crippen LogP contribution in [0, 0.1) is 10.1 Å². The zero-order valence-electron chi connectivity index (χ0n) is 9.38. The van der Waals surface area contributed by atoms with Crippen LogP contribution in [0.1, 0.15) is 13.8 Å². The summed E-state index contributed by atoms with van der Waals surface area (Å²) in [5, 5.41) is 17.2. The average Bonchev–Trinajstić information content (AvgIpc) is 2.63. The molecule has 1 aromatic heterocycles. The molecule has 0 bridgehead atoms. The molecule has 0 saturated heterocycles. The second-order valence-electron chi connectivity index (χ2n) is 3.78. The molecule has 0 aliphatic heterocycles. The van der Waals surface area contributed by atoms with Crippen molar-refractivity contribution < 1.29 is 4.92 Å². The first kappa shape index (κ1) is 12.3. The summed E-state index contributed by atoms with van der Waals surface area (Å²) in [6.45, 7) is 9.01. The molecule has 0 aliphatic rings. The SMILES string of the molecule is C=C(CNC(C)C)Cn1cnc([N+](=O)[O-])n1. The van der Waals surface area contributed by atoms with Crippen LogP contribution in [-0.2, 0) is 6.54 Å². The number of rotatable bonds is 6. The van der Waals surface area contributed by atoms with E-state index in [4.69, 9.17) is 0 Å². The van der Waals surface area contributed by atoms with Crippen molar-refractivity contribution in [2.24, 2.45) is 0 Å². The van der Waals surface area contributed by atoms with E-state index in [-0.39, 0.29) is 5.95 Å². The molecule has 0 spiro atoms. The molecule has 16 heavy (non-hydrogen) atoms. The molecule has 1 aromatic rings. The van der Waals surface area contributed by atoms with E-state index in [1.165, 1.54) is 11.0 Å². The lowest BCUT2D eigenvalue weighted by molar-refractivity contribution is -0.394. The highest BCUT2D eigenvalue weighted by Crippen LogP contribution is 2.02. The van der Waals surface area contributed by atoms with Gasteiger partial charge < -0.3 is 15.4 Å². The third-order valence-corrected chi connectivity index (χ3v) is 1.83. The summed E-state index contributed by atoms with van der Waals surface area (Å²) in [6, 6.07) is 0.377. The Morgan fingerprint density at radius 3 is 2.94 bits per heavy atom. The maximum absolute atomic E-state index is 10.3. The van der Waals surface area contributed by atoms with E-state index in [9.17, 15) is 10.1 Å². The summed E-state index contributed by atoms with van der Waals surface area (Å²) in [5.74, 6) is -0.385. The molecule has 88 valence electrons. The highest BCUT2D eigenvalue weighted by Gasteiger charge is 2.13. The van der Waals surface area contributed by atoms with Crippen molar-refractivity contribution in [3.63, 3.8) is 0 Å². The van der Waals surface area contributed by atoms with Crippen LogP contribution in [0.3, 0.4) is 0 Å². The van der Waals surface area contributed by atoms with Crippen molar-refractivity contribution >= 4 is 5.95 Å². The minimum Gasteiger partial charge on any atom is -0.390 e. The Morgan fingerprint density at radius 1 is 1.75 bits per heavy atom. The fourth-order valence-electron chi connectivity index (χ4n) is 1.08. The van der Waals surface area contributed by atoms with Gasteiger partial charge >= 0.3 is 5.95 Å². The smallest absolute Gasteiger partial charge is 0.390 e. The average molecular weight is 225 g/mol. The van der Waals surface area contributed by atoms with E-state index < -0.39 is 4.92 Å². The lowest BCUT2D eigenvalue weighted by Crippen LogP contribution is -2.26. The summed E-state index contributed by atoms with van der Waals surface area (Å²) in [6.07, 6.45) is 1.33. The maximum Gasteiger partial charge on any atom is 0.490 e. The summed E-state index contributed by atoms with van der Waals surface area (Å²) < 4.78 is 1.41. The van der Waals surface area contributed by atoms with Crippen LogP contribution in [-0.4, -0.2) is 32.3 Å². The van der Waals surface area contributed by atoms with Gasteiger partial charge in [0, 0.05) is 17.7 Å². The van der Waals surface area contributed by atoms with Gasteiger partial charge in [-0.25, -0.2) is 0 Å². The van der Waals surface area contributed by atoms with Crippen molar-refractivity contribution in [3.8, 4) is 0 Å².